The predicted molar refractivity (Wildman–Crippen MR) is 58.1 cm³/mol. The number of carbonyl (C=O) groups is 1. The van der Waals surface area contributed by atoms with Crippen LogP contribution in [0.25, 0.3) is 0 Å². The molecule has 3 nitrogen and oxygen atoms in total. The highest BCUT2D eigenvalue weighted by Crippen LogP contribution is 2.18. The normalized spacial score (nSPS) is 12.4. The van der Waals surface area contributed by atoms with Crippen molar-refractivity contribution < 1.29 is 18.7 Å². The summed E-state index contributed by atoms with van der Waals surface area (Å²) in [4.78, 5) is 10.4. The van der Waals surface area contributed by atoms with Gasteiger partial charge >= 0.3 is 5.97 Å². The molecule has 0 fully saturated rings. The van der Waals surface area contributed by atoms with E-state index in [1.807, 2.05) is 0 Å². The first-order chi connectivity index (χ1) is 7.52. The minimum atomic E-state index is -1.10. The molecule has 0 saturated carbocycles. The number of aliphatic carboxylic acids is 1. The first-order valence-corrected chi connectivity index (χ1v) is 5.67. The number of hydrogen-bond acceptors (Lipinski definition) is 3. The molecule has 3 N–H and O–H groups in total. The van der Waals surface area contributed by atoms with Crippen molar-refractivity contribution in [2.24, 2.45) is 5.73 Å². The predicted octanol–water partition coefficient (Wildman–Crippen LogP) is 1.61. The van der Waals surface area contributed by atoms with Crippen molar-refractivity contribution in [1.82, 2.24) is 0 Å². The van der Waals surface area contributed by atoms with Crippen LogP contribution in [0, 0.1) is 11.6 Å². The maximum absolute atomic E-state index is 13.1. The first-order valence-electron chi connectivity index (χ1n) is 4.51. The molecule has 0 radical (unpaired) electrons. The van der Waals surface area contributed by atoms with Crippen LogP contribution in [0.1, 0.15) is 5.56 Å². The molecule has 0 amide bonds. The highest BCUT2D eigenvalue weighted by molar-refractivity contribution is 7.98. The second kappa shape index (κ2) is 5.81. The van der Waals surface area contributed by atoms with E-state index >= 15 is 0 Å². The first kappa shape index (κ1) is 12.9. The van der Waals surface area contributed by atoms with E-state index in [-0.39, 0.29) is 17.1 Å². The molecule has 1 aromatic rings. The van der Waals surface area contributed by atoms with Gasteiger partial charge in [-0.05, 0) is 6.07 Å². The van der Waals surface area contributed by atoms with Crippen LogP contribution in [0.5, 0.6) is 0 Å². The summed E-state index contributed by atoms with van der Waals surface area (Å²) in [5.41, 5.74) is 5.47. The summed E-state index contributed by atoms with van der Waals surface area (Å²) in [5, 5.41) is 8.51. The van der Waals surface area contributed by atoms with E-state index in [2.05, 4.69) is 0 Å². The van der Waals surface area contributed by atoms with E-state index in [9.17, 15) is 13.6 Å². The number of halogens is 2. The van der Waals surface area contributed by atoms with Crippen molar-refractivity contribution >= 4 is 17.7 Å². The SMILES string of the molecule is N[C@@H](CSCc1cccc(F)c1F)C(=O)O. The highest BCUT2D eigenvalue weighted by atomic mass is 32.2. The molecule has 1 rings (SSSR count). The van der Waals surface area contributed by atoms with Gasteiger partial charge in [-0.1, -0.05) is 12.1 Å². The van der Waals surface area contributed by atoms with Gasteiger partial charge < -0.3 is 10.8 Å². The second-order valence-electron chi connectivity index (χ2n) is 3.17. The van der Waals surface area contributed by atoms with Crippen molar-refractivity contribution in [1.29, 1.82) is 0 Å². The number of carboxylic acids is 1. The van der Waals surface area contributed by atoms with E-state index in [1.165, 1.54) is 12.1 Å². The third kappa shape index (κ3) is 3.46. The number of benzene rings is 1. The Bertz CT molecular complexity index is 387. The van der Waals surface area contributed by atoms with Crippen LogP contribution < -0.4 is 5.73 Å². The van der Waals surface area contributed by atoms with Crippen molar-refractivity contribution in [3.05, 3.63) is 35.4 Å². The standard InChI is InChI=1S/C10H11F2NO2S/c11-7-3-1-2-6(9(7)12)4-16-5-8(13)10(14)15/h1-3,8H,4-5,13H2,(H,14,15)/t8-/m0/s1. The Balaban J connectivity index is 2.49. The Morgan fingerprint density at radius 3 is 2.81 bits per heavy atom. The largest absolute Gasteiger partial charge is 0.480 e. The molecule has 1 atom stereocenters. The molecule has 0 bridgehead atoms. The van der Waals surface area contributed by atoms with E-state index < -0.39 is 23.6 Å². The molecular formula is C10H11F2NO2S. The molecule has 0 aliphatic heterocycles. The maximum atomic E-state index is 13.1. The summed E-state index contributed by atoms with van der Waals surface area (Å²) in [6.07, 6.45) is 0. The Hall–Kier alpha value is -1.14. The quantitative estimate of drug-likeness (QED) is 0.829. The van der Waals surface area contributed by atoms with Crippen molar-refractivity contribution in [3.63, 3.8) is 0 Å². The van der Waals surface area contributed by atoms with Crippen LogP contribution >= 0.6 is 11.8 Å². The lowest BCUT2D eigenvalue weighted by atomic mass is 10.2. The summed E-state index contributed by atoms with van der Waals surface area (Å²) < 4.78 is 25.9. The molecule has 0 aliphatic carbocycles. The van der Waals surface area contributed by atoms with Gasteiger partial charge in [0.2, 0.25) is 0 Å². The molecule has 6 heteroatoms. The van der Waals surface area contributed by atoms with Gasteiger partial charge in [-0.25, -0.2) is 8.78 Å². The van der Waals surface area contributed by atoms with Gasteiger partial charge in [0.25, 0.3) is 0 Å². The fraction of sp³-hybridized carbons (Fsp3) is 0.300. The Kier molecular flexibility index (Phi) is 4.70. The van der Waals surface area contributed by atoms with E-state index in [4.69, 9.17) is 10.8 Å². The number of rotatable bonds is 5. The van der Waals surface area contributed by atoms with Crippen LogP contribution in [0.15, 0.2) is 18.2 Å². The van der Waals surface area contributed by atoms with Crippen LogP contribution in [0.2, 0.25) is 0 Å². The zero-order valence-corrected chi connectivity index (χ0v) is 9.14. The van der Waals surface area contributed by atoms with E-state index in [1.54, 1.807) is 0 Å². The summed E-state index contributed by atoms with van der Waals surface area (Å²) in [5.74, 6) is -2.54. The molecule has 1 aromatic carbocycles. The number of carboxylic acid groups (broad SMARTS) is 1. The molecule has 0 saturated heterocycles. The van der Waals surface area contributed by atoms with Crippen LogP contribution in [0.3, 0.4) is 0 Å². The molecule has 0 heterocycles. The summed E-state index contributed by atoms with van der Waals surface area (Å²) in [6, 6.07) is 2.91. The zero-order valence-electron chi connectivity index (χ0n) is 8.32. The molecule has 0 aliphatic rings. The third-order valence-electron chi connectivity index (χ3n) is 1.90. The minimum Gasteiger partial charge on any atom is -0.480 e. The molecule has 88 valence electrons. The minimum absolute atomic E-state index is 0.158. The average molecular weight is 247 g/mol. The fourth-order valence-corrected chi connectivity index (χ4v) is 1.98. The Morgan fingerprint density at radius 1 is 1.50 bits per heavy atom. The number of hydrogen-bond donors (Lipinski definition) is 2. The van der Waals surface area contributed by atoms with E-state index in [0.717, 1.165) is 17.8 Å². The summed E-state index contributed by atoms with van der Waals surface area (Å²) >= 11 is 1.15. The lowest BCUT2D eigenvalue weighted by Gasteiger charge is -2.06. The van der Waals surface area contributed by atoms with Crippen molar-refractivity contribution in [3.8, 4) is 0 Å². The highest BCUT2D eigenvalue weighted by Gasteiger charge is 2.12. The molecule has 0 spiro atoms. The molecule has 0 aromatic heterocycles. The maximum Gasteiger partial charge on any atom is 0.321 e. The van der Waals surface area contributed by atoms with E-state index in [0.29, 0.717) is 0 Å². The Labute approximate surface area is 95.6 Å². The lowest BCUT2D eigenvalue weighted by Crippen LogP contribution is -2.32. The van der Waals surface area contributed by atoms with Crippen LogP contribution in [-0.2, 0) is 10.5 Å². The van der Waals surface area contributed by atoms with Crippen LogP contribution in [-0.4, -0.2) is 22.9 Å². The summed E-state index contributed by atoms with van der Waals surface area (Å²) in [7, 11) is 0. The monoisotopic (exact) mass is 247 g/mol. The van der Waals surface area contributed by atoms with Gasteiger partial charge in [-0.2, -0.15) is 11.8 Å². The van der Waals surface area contributed by atoms with Gasteiger partial charge in [-0.15, -0.1) is 0 Å². The second-order valence-corrected chi connectivity index (χ2v) is 4.20. The third-order valence-corrected chi connectivity index (χ3v) is 3.01. The van der Waals surface area contributed by atoms with Gasteiger partial charge in [0, 0.05) is 17.1 Å². The van der Waals surface area contributed by atoms with Crippen molar-refractivity contribution in [2.45, 2.75) is 11.8 Å². The van der Waals surface area contributed by atoms with Gasteiger partial charge in [0.15, 0.2) is 11.6 Å². The Morgan fingerprint density at radius 2 is 2.19 bits per heavy atom. The summed E-state index contributed by atoms with van der Waals surface area (Å²) in [6.45, 7) is 0. The fourth-order valence-electron chi connectivity index (χ4n) is 1.03. The number of thioether (sulfide) groups is 1. The average Bonchev–Trinajstić information content (AvgIpc) is 2.24. The smallest absolute Gasteiger partial charge is 0.321 e. The lowest BCUT2D eigenvalue weighted by molar-refractivity contribution is -0.137. The van der Waals surface area contributed by atoms with Gasteiger partial charge in [0.05, 0.1) is 0 Å². The molecular weight excluding hydrogens is 236 g/mol. The van der Waals surface area contributed by atoms with Gasteiger partial charge in [0.1, 0.15) is 6.04 Å². The zero-order chi connectivity index (χ0) is 12.1. The van der Waals surface area contributed by atoms with Crippen molar-refractivity contribution in [2.75, 3.05) is 5.75 Å². The topological polar surface area (TPSA) is 63.3 Å². The molecule has 0 unspecified atom stereocenters. The van der Waals surface area contributed by atoms with Crippen LogP contribution in [0.4, 0.5) is 8.78 Å². The number of nitrogens with two attached hydrogens (primary N) is 1. The van der Waals surface area contributed by atoms with Gasteiger partial charge in [-0.3, -0.25) is 4.79 Å². The molecule has 16 heavy (non-hydrogen) atoms.